The summed E-state index contributed by atoms with van der Waals surface area (Å²) in [5.41, 5.74) is 2.00. The first-order valence-corrected chi connectivity index (χ1v) is 17.6. The monoisotopic (exact) mass is 689 g/mol. The van der Waals surface area contributed by atoms with Crippen LogP contribution in [0.3, 0.4) is 0 Å². The van der Waals surface area contributed by atoms with Gasteiger partial charge in [-0.25, -0.2) is 0 Å². The number of amides is 2. The molecular formula is C44H32ClNO5. The van der Waals surface area contributed by atoms with Crippen LogP contribution < -0.4 is 4.90 Å². The lowest BCUT2D eigenvalue weighted by atomic mass is 9.44. The first-order valence-electron chi connectivity index (χ1n) is 17.3. The van der Waals surface area contributed by atoms with Crippen LogP contribution in [0, 0.1) is 23.7 Å². The van der Waals surface area contributed by atoms with E-state index >= 15 is 9.59 Å². The number of phenolic OH excluding ortho intramolecular Hbond substituents is 1. The van der Waals surface area contributed by atoms with Crippen molar-refractivity contribution in [3.05, 3.63) is 161 Å². The number of carbonyl (C=O) groups is 4. The van der Waals surface area contributed by atoms with Crippen LogP contribution in [0.2, 0.25) is 5.02 Å². The smallest absolute Gasteiger partial charge is 0.238 e. The third kappa shape index (κ3) is 4.49. The van der Waals surface area contributed by atoms with Crippen molar-refractivity contribution in [2.75, 3.05) is 4.90 Å². The van der Waals surface area contributed by atoms with Crippen molar-refractivity contribution in [3.63, 3.8) is 0 Å². The maximum Gasteiger partial charge on any atom is 0.238 e. The van der Waals surface area contributed by atoms with Gasteiger partial charge in [0.25, 0.3) is 0 Å². The summed E-state index contributed by atoms with van der Waals surface area (Å²) in [6.45, 7) is 0. The first kappa shape index (κ1) is 31.4. The minimum absolute atomic E-state index is 0.00568. The van der Waals surface area contributed by atoms with Crippen LogP contribution in [-0.4, -0.2) is 28.5 Å². The van der Waals surface area contributed by atoms with Gasteiger partial charge in [-0.2, -0.15) is 0 Å². The Labute approximate surface area is 299 Å². The lowest BCUT2D eigenvalue weighted by molar-refractivity contribution is -0.135. The highest BCUT2D eigenvalue weighted by atomic mass is 35.5. The maximum absolute atomic E-state index is 15.3. The lowest BCUT2D eigenvalue weighted by Gasteiger charge is -2.55. The van der Waals surface area contributed by atoms with Crippen molar-refractivity contribution < 1.29 is 24.3 Å². The number of hydrogen-bond acceptors (Lipinski definition) is 5. The van der Waals surface area contributed by atoms with Crippen LogP contribution in [0.25, 0.3) is 16.3 Å². The first-order chi connectivity index (χ1) is 24.8. The van der Waals surface area contributed by atoms with Gasteiger partial charge in [0.05, 0.1) is 22.9 Å². The molecule has 1 N–H and O–H groups in total. The molecule has 6 nitrogen and oxygen atoms in total. The third-order valence-corrected chi connectivity index (χ3v) is 11.9. The normalized spacial score (nSPS) is 27.1. The number of allylic oxidation sites excluding steroid dienone is 4. The summed E-state index contributed by atoms with van der Waals surface area (Å²) in [6.07, 6.45) is 3.99. The zero-order chi connectivity index (χ0) is 35.0. The molecule has 0 spiro atoms. The van der Waals surface area contributed by atoms with Gasteiger partial charge in [0.1, 0.15) is 5.75 Å². The summed E-state index contributed by atoms with van der Waals surface area (Å²) in [6, 6.07) is 36.5. The highest BCUT2D eigenvalue weighted by molar-refractivity contribution is 6.32. The van der Waals surface area contributed by atoms with E-state index in [-0.39, 0.29) is 42.0 Å². The molecule has 4 aliphatic rings. The molecule has 2 fully saturated rings. The van der Waals surface area contributed by atoms with Gasteiger partial charge in [-0.15, -0.1) is 0 Å². The lowest BCUT2D eigenvalue weighted by Crippen LogP contribution is -2.58. The number of rotatable bonds is 4. The van der Waals surface area contributed by atoms with E-state index < -0.39 is 35.0 Å². The number of ketones is 2. The highest BCUT2D eigenvalue weighted by Gasteiger charge is 2.66. The van der Waals surface area contributed by atoms with Gasteiger partial charge in [-0.05, 0) is 77.1 Å². The zero-order valence-electron chi connectivity index (χ0n) is 27.4. The number of carbonyl (C=O) groups excluding carboxylic acids is 4. The molecule has 1 saturated carbocycles. The predicted octanol–water partition coefficient (Wildman–Crippen LogP) is 8.23. The molecule has 51 heavy (non-hydrogen) atoms. The fourth-order valence-electron chi connectivity index (χ4n) is 9.62. The van der Waals surface area contributed by atoms with Gasteiger partial charge in [0.2, 0.25) is 11.8 Å². The number of aromatic hydroxyl groups is 1. The van der Waals surface area contributed by atoms with Crippen LogP contribution in [0.5, 0.6) is 5.75 Å². The summed E-state index contributed by atoms with van der Waals surface area (Å²) < 4.78 is 0. The fraction of sp³-hybridized carbons (Fsp3) is 0.182. The average molecular weight is 690 g/mol. The molecule has 250 valence electrons. The minimum atomic E-state index is -1.44. The molecule has 0 aromatic heterocycles. The minimum Gasteiger partial charge on any atom is -0.508 e. The second-order valence-corrected chi connectivity index (χ2v) is 14.4. The molecule has 0 radical (unpaired) electrons. The molecule has 0 bridgehead atoms. The van der Waals surface area contributed by atoms with E-state index in [1.54, 1.807) is 30.3 Å². The number of nitrogens with zero attached hydrogens (tertiary/aromatic N) is 1. The Kier molecular flexibility index (Phi) is 7.23. The molecule has 6 atom stereocenters. The molecule has 1 heterocycles. The van der Waals surface area contributed by atoms with E-state index in [0.29, 0.717) is 33.0 Å². The number of Topliss-reactive ketones (excluding diaryl/α,β-unsaturated/α-hetero) is 1. The van der Waals surface area contributed by atoms with E-state index in [2.05, 4.69) is 0 Å². The average Bonchev–Trinajstić information content (AvgIpc) is 3.42. The van der Waals surface area contributed by atoms with E-state index in [1.165, 1.54) is 11.0 Å². The van der Waals surface area contributed by atoms with Crippen LogP contribution in [0.4, 0.5) is 5.69 Å². The Morgan fingerprint density at radius 1 is 0.725 bits per heavy atom. The van der Waals surface area contributed by atoms with Gasteiger partial charge in [-0.1, -0.05) is 114 Å². The molecule has 3 aliphatic carbocycles. The number of anilines is 1. The maximum atomic E-state index is 15.3. The second-order valence-electron chi connectivity index (χ2n) is 14.0. The number of imide groups is 1. The Morgan fingerprint density at radius 2 is 1.41 bits per heavy atom. The molecule has 5 aromatic rings. The highest BCUT2D eigenvalue weighted by Crippen LogP contribution is 2.65. The molecule has 1 saturated heterocycles. The molecule has 1 aliphatic heterocycles. The predicted molar refractivity (Wildman–Crippen MR) is 196 cm³/mol. The van der Waals surface area contributed by atoms with E-state index in [0.717, 1.165) is 16.3 Å². The number of fused-ring (bicyclic) bond motifs is 5. The quantitative estimate of drug-likeness (QED) is 0.152. The van der Waals surface area contributed by atoms with E-state index in [9.17, 15) is 14.7 Å². The molecule has 2 amide bonds. The molecule has 9 rings (SSSR count). The SMILES string of the molecule is O=C1C(c2ccccc2)=CC(=O)C2(c3ccccc3)C1CC1C(=CCC3C(=O)N(c4ccc(Cl)cc4)C(=O)C31)C2c1c(O)ccc2ccccc12. The van der Waals surface area contributed by atoms with Crippen LogP contribution >= 0.6 is 11.6 Å². The third-order valence-electron chi connectivity index (χ3n) is 11.7. The second kappa shape index (κ2) is 11.7. The van der Waals surface area contributed by atoms with Crippen molar-refractivity contribution in [2.24, 2.45) is 23.7 Å². The fourth-order valence-corrected chi connectivity index (χ4v) is 9.75. The zero-order valence-corrected chi connectivity index (χ0v) is 28.2. The van der Waals surface area contributed by atoms with E-state index in [1.807, 2.05) is 97.1 Å². The van der Waals surface area contributed by atoms with Gasteiger partial charge in [-0.3, -0.25) is 24.1 Å². The molecule has 7 heteroatoms. The Hall–Kier alpha value is -5.59. The number of benzene rings is 5. The van der Waals surface area contributed by atoms with Crippen molar-refractivity contribution in [2.45, 2.75) is 24.2 Å². The Balaban J connectivity index is 1.32. The van der Waals surface area contributed by atoms with Crippen LogP contribution in [-0.2, 0) is 24.6 Å². The van der Waals surface area contributed by atoms with Gasteiger partial charge in [0, 0.05) is 28.0 Å². The van der Waals surface area contributed by atoms with Crippen LogP contribution in [0.15, 0.2) is 139 Å². The summed E-state index contributed by atoms with van der Waals surface area (Å²) in [4.78, 5) is 60.4. The van der Waals surface area contributed by atoms with E-state index in [4.69, 9.17) is 11.6 Å². The summed E-state index contributed by atoms with van der Waals surface area (Å²) >= 11 is 6.16. The summed E-state index contributed by atoms with van der Waals surface area (Å²) in [7, 11) is 0. The van der Waals surface area contributed by atoms with Crippen molar-refractivity contribution in [1.82, 2.24) is 0 Å². The molecular weight excluding hydrogens is 658 g/mol. The standard InChI is InChI=1S/C44H32ClNO5/c45-28-16-18-29(19-17-28)46-42(50)32-21-20-31-34(38(32)43(46)51)23-35-41(49)33(25-9-3-1-4-10-25)24-37(48)44(35,27-12-5-2-6-13-27)40(31)39-30-14-8-7-11-26(30)15-22-36(39)47/h1-20,22,24,32,34-35,38,40,47H,21,23H2. The molecule has 6 unspecified atom stereocenters. The number of halogens is 1. The van der Waals surface area contributed by atoms with Gasteiger partial charge < -0.3 is 5.11 Å². The van der Waals surface area contributed by atoms with Crippen molar-refractivity contribution in [3.8, 4) is 5.75 Å². The number of hydrogen-bond donors (Lipinski definition) is 1. The topological polar surface area (TPSA) is 91.8 Å². The Bertz CT molecular complexity index is 2350. The largest absolute Gasteiger partial charge is 0.508 e. The van der Waals surface area contributed by atoms with Crippen LogP contribution in [0.1, 0.15) is 35.4 Å². The van der Waals surface area contributed by atoms with Gasteiger partial charge in [0.15, 0.2) is 11.6 Å². The summed E-state index contributed by atoms with van der Waals surface area (Å²) in [5, 5.41) is 14.0. The molecule has 5 aromatic carbocycles. The number of phenols is 1. The van der Waals surface area contributed by atoms with Crippen molar-refractivity contribution in [1.29, 1.82) is 0 Å². The Morgan fingerprint density at radius 3 is 2.16 bits per heavy atom. The summed E-state index contributed by atoms with van der Waals surface area (Å²) in [5.74, 6) is -4.68. The van der Waals surface area contributed by atoms with Gasteiger partial charge >= 0.3 is 0 Å². The van der Waals surface area contributed by atoms with Crippen molar-refractivity contribution >= 4 is 57.0 Å².